The van der Waals surface area contributed by atoms with Crippen LogP contribution in [0.15, 0.2) is 23.5 Å². The maximum atomic E-state index is 7.09. The molecule has 0 aliphatic heterocycles. The van der Waals surface area contributed by atoms with Crippen molar-refractivity contribution in [1.29, 1.82) is 5.41 Å². The van der Waals surface area contributed by atoms with E-state index >= 15 is 0 Å². The van der Waals surface area contributed by atoms with E-state index < -0.39 is 0 Å². The van der Waals surface area contributed by atoms with E-state index in [9.17, 15) is 0 Å². The predicted octanol–water partition coefficient (Wildman–Crippen LogP) is -0.214. The minimum Gasteiger partial charge on any atom is -0.370 e. The second-order valence-electron chi connectivity index (χ2n) is 2.48. The molecule has 0 amide bonds. The molecule has 0 aliphatic carbocycles. The summed E-state index contributed by atoms with van der Waals surface area (Å²) in [6.45, 7) is 0. The molecule has 1 aromatic heterocycles. The molecule has 0 bridgehead atoms. The van der Waals surface area contributed by atoms with Crippen molar-refractivity contribution in [2.45, 2.75) is 0 Å². The Bertz CT molecular complexity index is 312. The first-order valence-corrected chi connectivity index (χ1v) is 3.66. The molecule has 0 saturated carbocycles. The number of hydrogen-bond donors (Lipinski definition) is 4. The van der Waals surface area contributed by atoms with Crippen LogP contribution in [-0.2, 0) is 0 Å². The third-order valence-corrected chi connectivity index (χ3v) is 1.53. The lowest BCUT2D eigenvalue weighted by Crippen LogP contribution is -2.42. The maximum absolute atomic E-state index is 7.09. The van der Waals surface area contributed by atoms with Crippen LogP contribution >= 0.6 is 0 Å². The number of aromatic amines is 1. The van der Waals surface area contributed by atoms with Gasteiger partial charge in [0.2, 0.25) is 5.96 Å². The van der Waals surface area contributed by atoms with Gasteiger partial charge in [0, 0.05) is 19.4 Å². The molecule has 0 fully saturated rings. The van der Waals surface area contributed by atoms with Gasteiger partial charge in [-0.05, 0) is 6.07 Å². The van der Waals surface area contributed by atoms with Crippen LogP contribution < -0.4 is 11.5 Å². The number of aliphatic imine (C=N–C) groups is 1. The monoisotopic (exact) mass is 180 g/mol. The van der Waals surface area contributed by atoms with Gasteiger partial charge in [-0.2, -0.15) is 0 Å². The number of aromatic nitrogens is 1. The molecule has 1 rings (SSSR count). The summed E-state index contributed by atoms with van der Waals surface area (Å²) in [6, 6.07) is 1.76. The topological polar surface area (TPSA) is 107 Å². The van der Waals surface area contributed by atoms with Crippen molar-refractivity contribution in [1.82, 2.24) is 9.88 Å². The molecule has 0 spiro atoms. The Labute approximate surface area is 75.8 Å². The highest BCUT2D eigenvalue weighted by Crippen LogP contribution is 2.08. The molecule has 70 valence electrons. The molecule has 0 aromatic carbocycles. The fraction of sp³-hybridized carbons (Fsp3) is 0.143. The number of nitrogens with one attached hydrogen (secondary N) is 2. The van der Waals surface area contributed by atoms with Gasteiger partial charge in [0.05, 0.1) is 5.69 Å². The van der Waals surface area contributed by atoms with Crippen LogP contribution in [0.2, 0.25) is 0 Å². The fourth-order valence-electron chi connectivity index (χ4n) is 0.715. The van der Waals surface area contributed by atoms with E-state index in [1.165, 1.54) is 4.90 Å². The summed E-state index contributed by atoms with van der Waals surface area (Å²) in [4.78, 5) is 8.13. The van der Waals surface area contributed by atoms with E-state index in [-0.39, 0.29) is 11.9 Å². The molecule has 6 N–H and O–H groups in total. The SMILES string of the molecule is CN(C(=N)N)C(N)=Nc1cc[nH]c1. The van der Waals surface area contributed by atoms with Gasteiger partial charge in [0.1, 0.15) is 0 Å². The number of H-pyrrole nitrogens is 1. The largest absolute Gasteiger partial charge is 0.370 e. The molecule has 1 aromatic rings. The number of nitrogens with zero attached hydrogens (tertiary/aromatic N) is 2. The van der Waals surface area contributed by atoms with E-state index in [4.69, 9.17) is 16.9 Å². The second kappa shape index (κ2) is 3.61. The van der Waals surface area contributed by atoms with E-state index in [1.54, 1.807) is 25.5 Å². The zero-order valence-electron chi connectivity index (χ0n) is 7.28. The van der Waals surface area contributed by atoms with Crippen LogP contribution in [0.5, 0.6) is 0 Å². The first kappa shape index (κ1) is 9.11. The third-order valence-electron chi connectivity index (χ3n) is 1.53. The molecule has 6 heteroatoms. The van der Waals surface area contributed by atoms with Crippen molar-refractivity contribution in [2.75, 3.05) is 7.05 Å². The molecule has 0 radical (unpaired) electrons. The Morgan fingerprint density at radius 2 is 2.31 bits per heavy atom. The van der Waals surface area contributed by atoms with Gasteiger partial charge in [0.15, 0.2) is 5.96 Å². The zero-order chi connectivity index (χ0) is 9.84. The summed E-state index contributed by atoms with van der Waals surface area (Å²) in [5.41, 5.74) is 11.5. The van der Waals surface area contributed by atoms with Gasteiger partial charge in [-0.3, -0.25) is 10.3 Å². The Balaban J connectivity index is 2.78. The van der Waals surface area contributed by atoms with Crippen molar-refractivity contribution in [3.63, 3.8) is 0 Å². The minimum absolute atomic E-state index is 0.142. The smallest absolute Gasteiger partial charge is 0.203 e. The van der Waals surface area contributed by atoms with Crippen molar-refractivity contribution < 1.29 is 0 Å². The lowest BCUT2D eigenvalue weighted by atomic mass is 10.5. The summed E-state index contributed by atoms with van der Waals surface area (Å²) in [7, 11) is 1.58. The van der Waals surface area contributed by atoms with Crippen molar-refractivity contribution in [2.24, 2.45) is 16.5 Å². The fourth-order valence-corrected chi connectivity index (χ4v) is 0.715. The highest BCUT2D eigenvalue weighted by atomic mass is 15.3. The third kappa shape index (κ3) is 2.22. The standard InChI is InChI=1S/C7H12N6/c1-13(6(8)9)7(10)12-5-2-3-11-4-5/h2-4,11H,1H3,(H3,8,9)(H2,10,12). The predicted molar refractivity (Wildman–Crippen MR) is 51.8 cm³/mol. The number of guanidine groups is 2. The molecule has 1 heterocycles. The van der Waals surface area contributed by atoms with E-state index in [1.807, 2.05) is 0 Å². The van der Waals surface area contributed by atoms with Gasteiger partial charge in [-0.25, -0.2) is 4.99 Å². The molecular formula is C7H12N6. The summed E-state index contributed by atoms with van der Waals surface area (Å²) in [5.74, 6) is 0.0453. The van der Waals surface area contributed by atoms with Crippen LogP contribution in [0, 0.1) is 5.41 Å². The average molecular weight is 180 g/mol. The van der Waals surface area contributed by atoms with Gasteiger partial charge >= 0.3 is 0 Å². The van der Waals surface area contributed by atoms with Gasteiger partial charge in [-0.15, -0.1) is 0 Å². The van der Waals surface area contributed by atoms with E-state index in [2.05, 4.69) is 9.98 Å². The minimum atomic E-state index is -0.142. The molecule has 0 atom stereocenters. The number of hydrogen-bond acceptors (Lipinski definition) is 2. The highest BCUT2D eigenvalue weighted by Gasteiger charge is 2.03. The lowest BCUT2D eigenvalue weighted by Gasteiger charge is -2.14. The molecule has 13 heavy (non-hydrogen) atoms. The first-order valence-electron chi connectivity index (χ1n) is 3.66. The number of nitrogens with two attached hydrogens (primary N) is 2. The van der Waals surface area contributed by atoms with Gasteiger partial charge < -0.3 is 16.5 Å². The van der Waals surface area contributed by atoms with Crippen molar-refractivity contribution in [3.8, 4) is 0 Å². The highest BCUT2D eigenvalue weighted by molar-refractivity contribution is 5.96. The average Bonchev–Trinajstić information content (AvgIpc) is 2.55. The Morgan fingerprint density at radius 1 is 1.62 bits per heavy atom. The molecule has 0 unspecified atom stereocenters. The number of rotatable bonds is 1. The van der Waals surface area contributed by atoms with Crippen molar-refractivity contribution >= 4 is 17.6 Å². The van der Waals surface area contributed by atoms with Gasteiger partial charge in [0.25, 0.3) is 0 Å². The Kier molecular flexibility index (Phi) is 2.53. The van der Waals surface area contributed by atoms with Gasteiger partial charge in [-0.1, -0.05) is 0 Å². The summed E-state index contributed by atoms with van der Waals surface area (Å²) >= 11 is 0. The Morgan fingerprint density at radius 3 is 2.77 bits per heavy atom. The van der Waals surface area contributed by atoms with Crippen LogP contribution in [0.3, 0.4) is 0 Å². The molecular weight excluding hydrogens is 168 g/mol. The van der Waals surface area contributed by atoms with Crippen LogP contribution in [0.4, 0.5) is 5.69 Å². The summed E-state index contributed by atoms with van der Waals surface area (Å²) < 4.78 is 0. The zero-order valence-corrected chi connectivity index (χ0v) is 7.28. The first-order chi connectivity index (χ1) is 6.11. The quantitative estimate of drug-likeness (QED) is 0.354. The lowest BCUT2D eigenvalue weighted by molar-refractivity contribution is 0.724. The summed E-state index contributed by atoms with van der Waals surface area (Å²) in [5, 5.41) is 7.09. The second-order valence-corrected chi connectivity index (χ2v) is 2.48. The van der Waals surface area contributed by atoms with Crippen LogP contribution in [-0.4, -0.2) is 28.9 Å². The van der Waals surface area contributed by atoms with E-state index in [0.717, 1.165) is 0 Å². The van der Waals surface area contributed by atoms with Crippen molar-refractivity contribution in [3.05, 3.63) is 18.5 Å². The van der Waals surface area contributed by atoms with Crippen LogP contribution in [0.1, 0.15) is 0 Å². The molecule has 0 aliphatic rings. The van der Waals surface area contributed by atoms with Crippen LogP contribution in [0.25, 0.3) is 0 Å². The maximum Gasteiger partial charge on any atom is 0.203 e. The Hall–Kier alpha value is -1.98. The summed E-state index contributed by atoms with van der Waals surface area (Å²) in [6.07, 6.45) is 3.43. The molecule has 0 saturated heterocycles. The molecule has 6 nitrogen and oxygen atoms in total. The normalized spacial score (nSPS) is 11.3. The van der Waals surface area contributed by atoms with E-state index in [0.29, 0.717) is 5.69 Å².